The number of ether oxygens (including phenoxy) is 1. The summed E-state index contributed by atoms with van der Waals surface area (Å²) in [6.45, 7) is 6.05. The zero-order valence-corrected chi connectivity index (χ0v) is 20.9. The quantitative estimate of drug-likeness (QED) is 0.566. The fourth-order valence-corrected chi connectivity index (χ4v) is 6.16. The number of halogens is 2. The first-order valence-corrected chi connectivity index (χ1v) is 13.1. The van der Waals surface area contributed by atoms with Crippen molar-refractivity contribution < 1.29 is 13.9 Å². The van der Waals surface area contributed by atoms with Gasteiger partial charge in [0.25, 0.3) is 0 Å². The van der Waals surface area contributed by atoms with Crippen LogP contribution >= 0.6 is 11.6 Å². The van der Waals surface area contributed by atoms with E-state index in [1.54, 1.807) is 6.20 Å². The maximum absolute atomic E-state index is 13.6. The van der Waals surface area contributed by atoms with Crippen LogP contribution in [0.1, 0.15) is 70.3 Å². The van der Waals surface area contributed by atoms with Crippen LogP contribution in [0.2, 0.25) is 5.02 Å². The molecule has 1 amide bonds. The van der Waals surface area contributed by atoms with E-state index in [-0.39, 0.29) is 17.4 Å². The van der Waals surface area contributed by atoms with Crippen molar-refractivity contribution in [1.29, 1.82) is 0 Å². The zero-order valence-electron chi connectivity index (χ0n) is 20.2. The number of nitrogens with zero attached hydrogens (tertiary/aromatic N) is 2. The number of fused-ring (bicyclic) bond motifs is 1. The molecule has 1 N–H and O–H groups in total. The fourth-order valence-electron chi connectivity index (χ4n) is 5.83. The second-order valence-electron chi connectivity index (χ2n) is 11.0. The van der Waals surface area contributed by atoms with E-state index in [4.69, 9.17) is 16.3 Å². The zero-order chi connectivity index (χ0) is 23.9. The van der Waals surface area contributed by atoms with Gasteiger partial charge in [-0.2, -0.15) is 0 Å². The first kappa shape index (κ1) is 24.0. The number of nitrogens with one attached hydrogen (secondary N) is 1. The van der Waals surface area contributed by atoms with Gasteiger partial charge >= 0.3 is 0 Å². The highest BCUT2D eigenvalue weighted by Gasteiger charge is 2.33. The first-order chi connectivity index (χ1) is 16.3. The van der Waals surface area contributed by atoms with E-state index in [1.165, 1.54) is 5.56 Å². The third-order valence-corrected chi connectivity index (χ3v) is 8.37. The minimum absolute atomic E-state index is 0.0349. The Kier molecular flexibility index (Phi) is 6.84. The van der Waals surface area contributed by atoms with Crippen molar-refractivity contribution in [3.63, 3.8) is 0 Å². The number of anilines is 1. The maximum atomic E-state index is 13.6. The Morgan fingerprint density at radius 3 is 2.62 bits per heavy atom. The van der Waals surface area contributed by atoms with Crippen LogP contribution in [0.3, 0.4) is 0 Å². The summed E-state index contributed by atoms with van der Waals surface area (Å²) in [5, 5.41) is 5.77. The molecule has 0 radical (unpaired) electrons. The van der Waals surface area contributed by atoms with Gasteiger partial charge in [-0.3, -0.25) is 9.69 Å². The number of hydrogen-bond donors (Lipinski definition) is 1. The Balaban J connectivity index is 1.26. The Morgan fingerprint density at radius 1 is 1.15 bits per heavy atom. The van der Waals surface area contributed by atoms with Gasteiger partial charge < -0.3 is 10.1 Å². The Hall–Kier alpha value is -1.76. The molecule has 1 saturated carbocycles. The molecule has 3 fully saturated rings. The lowest BCUT2D eigenvalue weighted by Gasteiger charge is -2.35. The Bertz CT molecular complexity index is 1040. The van der Waals surface area contributed by atoms with Crippen molar-refractivity contribution >= 4 is 34.1 Å². The summed E-state index contributed by atoms with van der Waals surface area (Å²) in [6, 6.07) is 6.59. The van der Waals surface area contributed by atoms with Gasteiger partial charge in [0.1, 0.15) is 12.0 Å². The van der Waals surface area contributed by atoms with Gasteiger partial charge in [-0.1, -0.05) is 11.6 Å². The molecule has 2 saturated heterocycles. The van der Waals surface area contributed by atoms with E-state index in [2.05, 4.69) is 35.1 Å². The number of benzene rings is 1. The summed E-state index contributed by atoms with van der Waals surface area (Å²) in [5.41, 5.74) is 1.01. The molecule has 1 aromatic heterocycles. The molecule has 5 rings (SSSR count). The van der Waals surface area contributed by atoms with Crippen LogP contribution in [0, 0.1) is 5.92 Å². The summed E-state index contributed by atoms with van der Waals surface area (Å²) < 4.78 is 19.5. The van der Waals surface area contributed by atoms with Crippen LogP contribution in [-0.4, -0.2) is 53.3 Å². The van der Waals surface area contributed by atoms with E-state index in [9.17, 15) is 9.18 Å². The van der Waals surface area contributed by atoms with E-state index >= 15 is 0 Å². The SMILES string of the molecule is CC1(C)CC[C@@H](C(=O)Nc2cc3cc(C4CCC(N5CC[C@H](F)C5)CC4)c(Cl)cc3cn2)CO1. The third kappa shape index (κ3) is 5.24. The van der Waals surface area contributed by atoms with Gasteiger partial charge in [-0.05, 0) is 93.9 Å². The molecule has 3 heterocycles. The number of amides is 1. The highest BCUT2D eigenvalue weighted by molar-refractivity contribution is 6.32. The minimum Gasteiger partial charge on any atom is -0.375 e. The monoisotopic (exact) mass is 487 g/mol. The van der Waals surface area contributed by atoms with E-state index in [0.29, 0.717) is 37.4 Å². The molecule has 184 valence electrons. The molecular weight excluding hydrogens is 453 g/mol. The van der Waals surface area contributed by atoms with Gasteiger partial charge in [-0.25, -0.2) is 9.37 Å². The highest BCUT2D eigenvalue weighted by Crippen LogP contribution is 2.40. The number of aromatic nitrogens is 1. The van der Waals surface area contributed by atoms with Gasteiger partial charge in [0.15, 0.2) is 0 Å². The minimum atomic E-state index is -0.659. The standard InChI is InChI=1S/C27H35ClFN3O2/c1-27(2)9-7-18(16-34-27)26(33)31-25-13-19-11-23(24(28)12-20(19)14-30-25)17-3-5-22(6-4-17)32-10-8-21(29)15-32/h11-14,17-18,21-22H,3-10,15-16H2,1-2H3,(H,30,31,33)/t17?,18-,21+,22?/m1/s1. The molecule has 5 nitrogen and oxygen atoms in total. The highest BCUT2D eigenvalue weighted by atomic mass is 35.5. The molecule has 2 aromatic rings. The third-order valence-electron chi connectivity index (χ3n) is 8.04. The largest absolute Gasteiger partial charge is 0.375 e. The normalized spacial score (nSPS) is 29.9. The maximum Gasteiger partial charge on any atom is 0.230 e. The van der Waals surface area contributed by atoms with E-state index in [0.717, 1.165) is 60.9 Å². The van der Waals surface area contributed by atoms with Gasteiger partial charge in [-0.15, -0.1) is 0 Å². The molecule has 2 aliphatic heterocycles. The summed E-state index contributed by atoms with van der Waals surface area (Å²) >= 11 is 6.70. The smallest absolute Gasteiger partial charge is 0.230 e. The van der Waals surface area contributed by atoms with Crippen molar-refractivity contribution in [3.8, 4) is 0 Å². The second kappa shape index (κ2) is 9.71. The van der Waals surface area contributed by atoms with Gasteiger partial charge in [0.05, 0.1) is 18.1 Å². The second-order valence-corrected chi connectivity index (χ2v) is 11.4. The average molecular weight is 488 g/mol. The van der Waals surface area contributed by atoms with E-state index < -0.39 is 6.17 Å². The number of hydrogen-bond acceptors (Lipinski definition) is 4. The van der Waals surface area contributed by atoms with Crippen molar-refractivity contribution in [2.45, 2.75) is 82.5 Å². The van der Waals surface area contributed by atoms with E-state index in [1.807, 2.05) is 12.1 Å². The lowest BCUT2D eigenvalue weighted by molar-refractivity contribution is -0.131. The lowest BCUT2D eigenvalue weighted by atomic mass is 9.81. The number of rotatable bonds is 4. The van der Waals surface area contributed by atoms with Gasteiger partial charge in [0, 0.05) is 35.7 Å². The number of carbonyl (C=O) groups excluding carboxylic acids is 1. The summed E-state index contributed by atoms with van der Waals surface area (Å²) in [4.78, 5) is 19.5. The topological polar surface area (TPSA) is 54.5 Å². The average Bonchev–Trinajstić information content (AvgIpc) is 3.25. The molecule has 3 aliphatic rings. The number of carbonyl (C=O) groups is 1. The molecule has 1 aromatic carbocycles. The molecule has 1 aliphatic carbocycles. The van der Waals surface area contributed by atoms with Crippen molar-refractivity contribution in [3.05, 3.63) is 35.0 Å². The van der Waals surface area contributed by atoms with Crippen LogP contribution in [-0.2, 0) is 9.53 Å². The number of alkyl halides is 1. The van der Waals surface area contributed by atoms with Crippen LogP contribution in [0.5, 0.6) is 0 Å². The van der Waals surface area contributed by atoms with Gasteiger partial charge in [0.2, 0.25) is 5.91 Å². The predicted octanol–water partition coefficient (Wildman–Crippen LogP) is 6.10. The summed E-state index contributed by atoms with van der Waals surface area (Å²) in [6.07, 6.45) is 7.78. The molecular formula is C27H35ClFN3O2. The fraction of sp³-hybridized carbons (Fsp3) is 0.630. The van der Waals surface area contributed by atoms with Crippen LogP contribution in [0.25, 0.3) is 10.8 Å². The Labute approximate surface area is 206 Å². The van der Waals surface area contributed by atoms with Crippen molar-refractivity contribution in [1.82, 2.24) is 9.88 Å². The van der Waals surface area contributed by atoms with Crippen LogP contribution < -0.4 is 5.32 Å². The molecule has 7 heteroatoms. The number of pyridine rings is 1. The molecule has 2 atom stereocenters. The molecule has 0 unspecified atom stereocenters. The number of likely N-dealkylation sites (tertiary alicyclic amines) is 1. The van der Waals surface area contributed by atoms with Crippen LogP contribution in [0.15, 0.2) is 24.4 Å². The predicted molar refractivity (Wildman–Crippen MR) is 134 cm³/mol. The summed E-state index contributed by atoms with van der Waals surface area (Å²) in [7, 11) is 0. The molecule has 0 bridgehead atoms. The Morgan fingerprint density at radius 2 is 1.94 bits per heavy atom. The molecule has 0 spiro atoms. The van der Waals surface area contributed by atoms with Crippen LogP contribution in [0.4, 0.5) is 10.2 Å². The lowest BCUT2D eigenvalue weighted by Crippen LogP contribution is -2.38. The summed E-state index contributed by atoms with van der Waals surface area (Å²) in [5.74, 6) is 0.789. The van der Waals surface area contributed by atoms with Crippen molar-refractivity contribution in [2.75, 3.05) is 25.0 Å². The molecule has 34 heavy (non-hydrogen) atoms. The first-order valence-electron chi connectivity index (χ1n) is 12.7. The van der Waals surface area contributed by atoms with Crippen molar-refractivity contribution in [2.24, 2.45) is 5.92 Å².